The summed E-state index contributed by atoms with van der Waals surface area (Å²) in [5.74, 6) is 0. The molecule has 3 nitrogen and oxygen atoms in total. The number of aliphatic hydroxyl groups excluding tert-OH is 1. The molecular weight excluding hydrogens is 118 g/mol. The third-order valence-electron chi connectivity index (χ3n) is 2.12. The Bertz CT molecular complexity index is 118. The van der Waals surface area contributed by atoms with Gasteiger partial charge in [-0.1, -0.05) is 0 Å². The maximum Gasteiger partial charge on any atom is 0.0767 e. The van der Waals surface area contributed by atoms with Gasteiger partial charge in [0, 0.05) is 6.04 Å². The van der Waals surface area contributed by atoms with Gasteiger partial charge in [-0.15, -0.1) is 0 Å². The molecule has 3 atom stereocenters. The molecule has 52 valence electrons. The number of hydrogen-bond acceptors (Lipinski definition) is 3. The molecule has 0 aromatic rings. The molecular formula is C6H11NO2. The Labute approximate surface area is 54.0 Å². The lowest BCUT2D eigenvalue weighted by molar-refractivity contribution is 0.0363. The molecule has 3 unspecified atom stereocenters. The Morgan fingerprint density at radius 1 is 1.67 bits per heavy atom. The smallest absolute Gasteiger partial charge is 0.0767 e. The normalized spacial score (nSPS) is 48.3. The highest BCUT2D eigenvalue weighted by molar-refractivity contribution is 4.96. The lowest BCUT2D eigenvalue weighted by atomic mass is 10.2. The van der Waals surface area contributed by atoms with Crippen LogP contribution in [0.15, 0.2) is 0 Å². The van der Waals surface area contributed by atoms with E-state index in [2.05, 4.69) is 5.32 Å². The molecule has 2 saturated heterocycles. The van der Waals surface area contributed by atoms with Gasteiger partial charge in [-0.25, -0.2) is 0 Å². The second-order valence-corrected chi connectivity index (χ2v) is 2.76. The molecule has 0 spiro atoms. The number of morpholine rings is 1. The van der Waals surface area contributed by atoms with Gasteiger partial charge in [0.15, 0.2) is 0 Å². The molecule has 2 bridgehead atoms. The standard InChI is InChI=1S/C6H11NO2/c8-2-5-6-1-4(7-5)3-9-6/h4-8H,1-3H2. The minimum Gasteiger partial charge on any atom is -0.395 e. The average molecular weight is 129 g/mol. The van der Waals surface area contributed by atoms with Crippen LogP contribution in [0.5, 0.6) is 0 Å². The van der Waals surface area contributed by atoms with E-state index in [9.17, 15) is 0 Å². The van der Waals surface area contributed by atoms with Crippen LogP contribution >= 0.6 is 0 Å². The van der Waals surface area contributed by atoms with E-state index >= 15 is 0 Å². The molecule has 9 heavy (non-hydrogen) atoms. The van der Waals surface area contributed by atoms with Crippen molar-refractivity contribution >= 4 is 0 Å². The summed E-state index contributed by atoms with van der Waals surface area (Å²) < 4.78 is 5.33. The Morgan fingerprint density at radius 2 is 2.56 bits per heavy atom. The zero-order chi connectivity index (χ0) is 6.27. The first-order chi connectivity index (χ1) is 4.40. The van der Waals surface area contributed by atoms with Crippen molar-refractivity contribution in [2.45, 2.75) is 24.6 Å². The fourth-order valence-electron chi connectivity index (χ4n) is 1.63. The van der Waals surface area contributed by atoms with E-state index in [1.807, 2.05) is 0 Å². The zero-order valence-electron chi connectivity index (χ0n) is 5.21. The van der Waals surface area contributed by atoms with Gasteiger partial charge >= 0.3 is 0 Å². The van der Waals surface area contributed by atoms with Crippen molar-refractivity contribution in [3.05, 3.63) is 0 Å². The monoisotopic (exact) mass is 129 g/mol. The molecule has 2 rings (SSSR count). The first-order valence-electron chi connectivity index (χ1n) is 3.38. The summed E-state index contributed by atoms with van der Waals surface area (Å²) in [5.41, 5.74) is 0. The van der Waals surface area contributed by atoms with Crippen molar-refractivity contribution in [2.24, 2.45) is 0 Å². The highest BCUT2D eigenvalue weighted by Crippen LogP contribution is 2.23. The summed E-state index contributed by atoms with van der Waals surface area (Å²) in [6, 6.07) is 0.732. The molecule has 0 saturated carbocycles. The molecule has 2 aliphatic heterocycles. The van der Waals surface area contributed by atoms with Gasteiger partial charge in [-0.3, -0.25) is 0 Å². The topological polar surface area (TPSA) is 41.5 Å². The van der Waals surface area contributed by atoms with E-state index in [4.69, 9.17) is 9.84 Å². The molecule has 0 aromatic heterocycles. The Balaban J connectivity index is 2.01. The molecule has 2 heterocycles. The van der Waals surface area contributed by atoms with Gasteiger partial charge < -0.3 is 15.2 Å². The molecule has 2 fully saturated rings. The number of fused-ring (bicyclic) bond motifs is 2. The quantitative estimate of drug-likeness (QED) is 0.482. The third-order valence-corrected chi connectivity index (χ3v) is 2.12. The number of nitrogens with one attached hydrogen (secondary N) is 1. The van der Waals surface area contributed by atoms with Crippen LogP contribution in [-0.2, 0) is 4.74 Å². The highest BCUT2D eigenvalue weighted by atomic mass is 16.5. The van der Waals surface area contributed by atoms with Crippen LogP contribution in [0, 0.1) is 0 Å². The van der Waals surface area contributed by atoms with E-state index in [0.717, 1.165) is 13.0 Å². The Morgan fingerprint density at radius 3 is 2.89 bits per heavy atom. The van der Waals surface area contributed by atoms with Crippen molar-refractivity contribution in [3.63, 3.8) is 0 Å². The van der Waals surface area contributed by atoms with Crippen LogP contribution < -0.4 is 5.32 Å². The van der Waals surface area contributed by atoms with Crippen LogP contribution in [0.2, 0.25) is 0 Å². The minimum absolute atomic E-state index is 0.209. The van der Waals surface area contributed by atoms with E-state index in [1.165, 1.54) is 0 Å². The Kier molecular flexibility index (Phi) is 1.22. The largest absolute Gasteiger partial charge is 0.395 e. The highest BCUT2D eigenvalue weighted by Gasteiger charge is 2.39. The van der Waals surface area contributed by atoms with Gasteiger partial charge in [0.25, 0.3) is 0 Å². The van der Waals surface area contributed by atoms with Crippen LogP contribution in [0.4, 0.5) is 0 Å². The lowest BCUT2D eigenvalue weighted by Crippen LogP contribution is -2.43. The van der Waals surface area contributed by atoms with Gasteiger partial charge in [0.1, 0.15) is 0 Å². The maximum atomic E-state index is 8.75. The number of ether oxygens (including phenoxy) is 1. The predicted molar refractivity (Wildman–Crippen MR) is 32.2 cm³/mol. The fourth-order valence-corrected chi connectivity index (χ4v) is 1.63. The van der Waals surface area contributed by atoms with E-state index in [1.54, 1.807) is 0 Å². The van der Waals surface area contributed by atoms with E-state index in [0.29, 0.717) is 12.1 Å². The second-order valence-electron chi connectivity index (χ2n) is 2.76. The predicted octanol–water partition coefficient (Wildman–Crippen LogP) is -0.892. The van der Waals surface area contributed by atoms with Gasteiger partial charge in [-0.2, -0.15) is 0 Å². The van der Waals surface area contributed by atoms with Crippen molar-refractivity contribution in [3.8, 4) is 0 Å². The summed E-state index contributed by atoms with van der Waals surface area (Å²) in [4.78, 5) is 0. The van der Waals surface area contributed by atoms with Crippen LogP contribution in [0.25, 0.3) is 0 Å². The molecule has 0 radical (unpaired) electrons. The minimum atomic E-state index is 0.209. The summed E-state index contributed by atoms with van der Waals surface area (Å²) in [6.07, 6.45) is 1.38. The number of hydrogen-bond donors (Lipinski definition) is 2. The van der Waals surface area contributed by atoms with Gasteiger partial charge in [0.2, 0.25) is 0 Å². The third kappa shape index (κ3) is 0.764. The van der Waals surface area contributed by atoms with Crippen LogP contribution in [0.3, 0.4) is 0 Å². The summed E-state index contributed by atoms with van der Waals surface area (Å²) in [6.45, 7) is 1.04. The lowest BCUT2D eigenvalue weighted by Gasteiger charge is -2.20. The summed E-state index contributed by atoms with van der Waals surface area (Å²) in [5, 5.41) is 12.0. The Hall–Kier alpha value is -0.120. The number of aliphatic hydroxyl groups is 1. The van der Waals surface area contributed by atoms with E-state index < -0.39 is 0 Å². The number of rotatable bonds is 1. The molecule has 2 aliphatic rings. The summed E-state index contributed by atoms with van der Waals surface area (Å²) in [7, 11) is 0. The molecule has 0 aromatic carbocycles. The first kappa shape index (κ1) is 5.65. The van der Waals surface area contributed by atoms with Gasteiger partial charge in [0.05, 0.1) is 25.4 Å². The maximum absolute atomic E-state index is 8.75. The van der Waals surface area contributed by atoms with Crippen LogP contribution in [-0.4, -0.2) is 36.5 Å². The molecule has 0 aliphatic carbocycles. The summed E-state index contributed by atoms with van der Waals surface area (Å²) >= 11 is 0. The second kappa shape index (κ2) is 1.94. The SMILES string of the molecule is OCC1NC2COC1C2. The first-order valence-corrected chi connectivity index (χ1v) is 3.38. The van der Waals surface area contributed by atoms with Crippen molar-refractivity contribution in [1.29, 1.82) is 0 Å². The average Bonchev–Trinajstić information content (AvgIpc) is 2.45. The van der Waals surface area contributed by atoms with E-state index in [-0.39, 0.29) is 12.6 Å². The van der Waals surface area contributed by atoms with Crippen molar-refractivity contribution < 1.29 is 9.84 Å². The van der Waals surface area contributed by atoms with Crippen LogP contribution in [0.1, 0.15) is 6.42 Å². The van der Waals surface area contributed by atoms with Crippen molar-refractivity contribution in [2.75, 3.05) is 13.2 Å². The van der Waals surface area contributed by atoms with Gasteiger partial charge in [-0.05, 0) is 6.42 Å². The zero-order valence-corrected chi connectivity index (χ0v) is 5.21. The van der Waals surface area contributed by atoms with Crippen molar-refractivity contribution in [1.82, 2.24) is 5.32 Å². The molecule has 3 heteroatoms. The molecule has 0 amide bonds. The molecule has 2 N–H and O–H groups in total. The fraction of sp³-hybridized carbons (Fsp3) is 1.00.